The maximum absolute atomic E-state index is 12.8. The Morgan fingerprint density at radius 3 is 2.26 bits per heavy atom. The summed E-state index contributed by atoms with van der Waals surface area (Å²) in [6.45, 7) is 0. The molecule has 0 spiro atoms. The summed E-state index contributed by atoms with van der Waals surface area (Å²) in [6, 6.07) is 15.0. The molecule has 3 aromatic rings. The third-order valence-electron chi connectivity index (χ3n) is 4.57. The average molecular weight is 427 g/mol. The van der Waals surface area contributed by atoms with Crippen LogP contribution in [0.15, 0.2) is 53.0 Å². The third-order valence-corrected chi connectivity index (χ3v) is 5.38. The average Bonchev–Trinajstić information content (AvgIpc) is 3.42. The number of fused-ring (bicyclic) bond motifs is 1. The van der Waals surface area contributed by atoms with E-state index in [0.29, 0.717) is 23.1 Å². The van der Waals surface area contributed by atoms with Crippen molar-refractivity contribution in [2.75, 3.05) is 10.6 Å². The molecule has 27 heavy (non-hydrogen) atoms. The SMILES string of the molecule is Cn1c(C(=O)Nc2ccc(NC(=O)NC3CC3)cc2)c(Br)c2ccccc21. The van der Waals surface area contributed by atoms with E-state index in [1.807, 2.05) is 35.9 Å². The van der Waals surface area contributed by atoms with Gasteiger partial charge in [-0.3, -0.25) is 4.79 Å². The Labute approximate surface area is 165 Å². The summed E-state index contributed by atoms with van der Waals surface area (Å²) < 4.78 is 2.64. The number of carbonyl (C=O) groups is 2. The second kappa shape index (κ2) is 7.08. The summed E-state index contributed by atoms with van der Waals surface area (Å²) in [7, 11) is 1.87. The Morgan fingerprint density at radius 1 is 1.00 bits per heavy atom. The number of hydrogen-bond donors (Lipinski definition) is 3. The second-order valence-electron chi connectivity index (χ2n) is 6.64. The Bertz CT molecular complexity index is 983. The summed E-state index contributed by atoms with van der Waals surface area (Å²) in [6.07, 6.45) is 2.09. The lowest BCUT2D eigenvalue weighted by atomic mass is 10.2. The maximum atomic E-state index is 12.8. The van der Waals surface area contributed by atoms with Crippen molar-refractivity contribution < 1.29 is 9.59 Å². The van der Waals surface area contributed by atoms with Crippen LogP contribution in [-0.4, -0.2) is 22.5 Å². The summed E-state index contributed by atoms with van der Waals surface area (Å²) >= 11 is 3.54. The van der Waals surface area contributed by atoms with Crippen LogP contribution in [0, 0.1) is 0 Å². The monoisotopic (exact) mass is 426 g/mol. The Balaban J connectivity index is 1.47. The number of aromatic nitrogens is 1. The van der Waals surface area contributed by atoms with Gasteiger partial charge in [-0.15, -0.1) is 0 Å². The number of benzene rings is 2. The van der Waals surface area contributed by atoms with Crippen LogP contribution in [0.4, 0.5) is 16.2 Å². The normalized spacial score (nSPS) is 13.4. The molecule has 0 aliphatic heterocycles. The number of nitrogens with zero attached hydrogens (tertiary/aromatic N) is 1. The number of anilines is 2. The van der Waals surface area contributed by atoms with E-state index < -0.39 is 0 Å². The lowest BCUT2D eigenvalue weighted by molar-refractivity contribution is 0.101. The van der Waals surface area contributed by atoms with Crippen molar-refractivity contribution in [3.8, 4) is 0 Å². The van der Waals surface area contributed by atoms with Gasteiger partial charge in [-0.1, -0.05) is 18.2 Å². The van der Waals surface area contributed by atoms with Gasteiger partial charge in [0, 0.05) is 35.4 Å². The molecule has 0 atom stereocenters. The number of hydrogen-bond acceptors (Lipinski definition) is 2. The van der Waals surface area contributed by atoms with Gasteiger partial charge in [-0.25, -0.2) is 4.79 Å². The first-order chi connectivity index (χ1) is 13.0. The van der Waals surface area contributed by atoms with Crippen LogP contribution in [-0.2, 0) is 7.05 Å². The van der Waals surface area contributed by atoms with E-state index in [1.165, 1.54) is 0 Å². The molecule has 0 radical (unpaired) electrons. The molecule has 6 nitrogen and oxygen atoms in total. The molecule has 0 bridgehead atoms. The Hall–Kier alpha value is -2.80. The molecule has 1 saturated carbocycles. The summed E-state index contributed by atoms with van der Waals surface area (Å²) in [5.41, 5.74) is 2.88. The zero-order valence-corrected chi connectivity index (χ0v) is 16.3. The first-order valence-corrected chi connectivity index (χ1v) is 9.54. The van der Waals surface area contributed by atoms with E-state index >= 15 is 0 Å². The van der Waals surface area contributed by atoms with Crippen LogP contribution in [0.3, 0.4) is 0 Å². The number of urea groups is 1. The van der Waals surface area contributed by atoms with E-state index in [-0.39, 0.29) is 11.9 Å². The zero-order chi connectivity index (χ0) is 19.0. The van der Waals surface area contributed by atoms with Crippen LogP contribution >= 0.6 is 15.9 Å². The van der Waals surface area contributed by atoms with Gasteiger partial charge in [0.1, 0.15) is 5.69 Å². The van der Waals surface area contributed by atoms with Crippen molar-refractivity contribution in [1.29, 1.82) is 0 Å². The molecule has 0 unspecified atom stereocenters. The zero-order valence-electron chi connectivity index (χ0n) is 14.8. The molecule has 7 heteroatoms. The minimum absolute atomic E-state index is 0.200. The molecule has 3 N–H and O–H groups in total. The maximum Gasteiger partial charge on any atom is 0.319 e. The molecule has 3 amide bonds. The van der Waals surface area contributed by atoms with Crippen LogP contribution in [0.25, 0.3) is 10.9 Å². The number of nitrogens with one attached hydrogen (secondary N) is 3. The van der Waals surface area contributed by atoms with Crippen LogP contribution < -0.4 is 16.0 Å². The first kappa shape index (κ1) is 17.6. The molecular weight excluding hydrogens is 408 g/mol. The van der Waals surface area contributed by atoms with Crippen molar-refractivity contribution in [3.63, 3.8) is 0 Å². The molecule has 0 saturated heterocycles. The van der Waals surface area contributed by atoms with Crippen molar-refractivity contribution in [3.05, 3.63) is 58.7 Å². The Morgan fingerprint density at radius 2 is 1.63 bits per heavy atom. The lowest BCUT2D eigenvalue weighted by Gasteiger charge is -2.09. The highest BCUT2D eigenvalue weighted by atomic mass is 79.9. The van der Waals surface area contributed by atoms with Crippen molar-refractivity contribution >= 4 is 50.1 Å². The first-order valence-electron chi connectivity index (χ1n) is 8.75. The predicted octanol–water partition coefficient (Wildman–Crippen LogP) is 4.48. The molecule has 1 aromatic heterocycles. The molecule has 4 rings (SSSR count). The van der Waals surface area contributed by atoms with Crippen molar-refractivity contribution in [2.24, 2.45) is 7.05 Å². The van der Waals surface area contributed by atoms with Gasteiger partial charge in [0.2, 0.25) is 0 Å². The highest BCUT2D eigenvalue weighted by Crippen LogP contribution is 2.30. The largest absolute Gasteiger partial charge is 0.339 e. The molecular formula is C20H19BrN4O2. The van der Waals surface area contributed by atoms with Gasteiger partial charge in [-0.05, 0) is 59.1 Å². The molecule has 1 heterocycles. The van der Waals surface area contributed by atoms with Gasteiger partial charge in [0.15, 0.2) is 0 Å². The number of carbonyl (C=O) groups excluding carboxylic acids is 2. The van der Waals surface area contributed by atoms with Gasteiger partial charge in [0.05, 0.1) is 4.47 Å². The molecule has 2 aromatic carbocycles. The summed E-state index contributed by atoms with van der Waals surface area (Å²) in [5.74, 6) is -0.201. The summed E-state index contributed by atoms with van der Waals surface area (Å²) in [5, 5.41) is 9.55. The minimum atomic E-state index is -0.201. The third kappa shape index (κ3) is 3.68. The topological polar surface area (TPSA) is 75.2 Å². The van der Waals surface area contributed by atoms with Gasteiger partial charge in [-0.2, -0.15) is 0 Å². The number of para-hydroxylation sites is 1. The van der Waals surface area contributed by atoms with Crippen LogP contribution in [0.2, 0.25) is 0 Å². The van der Waals surface area contributed by atoms with Gasteiger partial charge < -0.3 is 20.5 Å². The van der Waals surface area contributed by atoms with E-state index in [9.17, 15) is 9.59 Å². The van der Waals surface area contributed by atoms with E-state index in [0.717, 1.165) is 28.2 Å². The highest BCUT2D eigenvalue weighted by molar-refractivity contribution is 9.10. The molecule has 138 valence electrons. The smallest absolute Gasteiger partial charge is 0.319 e. The number of amides is 3. The van der Waals surface area contributed by atoms with Gasteiger partial charge >= 0.3 is 6.03 Å². The van der Waals surface area contributed by atoms with Crippen molar-refractivity contribution in [2.45, 2.75) is 18.9 Å². The summed E-state index contributed by atoms with van der Waals surface area (Å²) in [4.78, 5) is 24.5. The van der Waals surface area contributed by atoms with Crippen LogP contribution in [0.1, 0.15) is 23.3 Å². The van der Waals surface area contributed by atoms with Gasteiger partial charge in [0.25, 0.3) is 5.91 Å². The van der Waals surface area contributed by atoms with Crippen LogP contribution in [0.5, 0.6) is 0 Å². The van der Waals surface area contributed by atoms with E-state index in [4.69, 9.17) is 0 Å². The molecule has 1 fully saturated rings. The second-order valence-corrected chi connectivity index (χ2v) is 7.44. The lowest BCUT2D eigenvalue weighted by Crippen LogP contribution is -2.30. The van der Waals surface area contributed by atoms with E-state index in [1.54, 1.807) is 24.3 Å². The fraction of sp³-hybridized carbons (Fsp3) is 0.200. The number of aryl methyl sites for hydroxylation is 1. The number of halogens is 1. The fourth-order valence-electron chi connectivity index (χ4n) is 3.01. The van der Waals surface area contributed by atoms with E-state index in [2.05, 4.69) is 31.9 Å². The Kier molecular flexibility index (Phi) is 4.61. The molecule has 1 aliphatic rings. The number of rotatable bonds is 4. The minimum Gasteiger partial charge on any atom is -0.339 e. The standard InChI is InChI=1S/C20H19BrN4O2/c1-25-16-5-3-2-4-15(16)17(21)18(25)19(26)22-12-6-8-13(9-7-12)23-20(27)24-14-10-11-14/h2-9,14H,10-11H2,1H3,(H,22,26)(H2,23,24,27). The fourth-order valence-corrected chi connectivity index (χ4v) is 3.79. The molecule has 1 aliphatic carbocycles. The quantitative estimate of drug-likeness (QED) is 0.575. The highest BCUT2D eigenvalue weighted by Gasteiger charge is 2.23. The van der Waals surface area contributed by atoms with Crippen molar-refractivity contribution in [1.82, 2.24) is 9.88 Å². The predicted molar refractivity (Wildman–Crippen MR) is 110 cm³/mol.